The van der Waals surface area contributed by atoms with E-state index in [1.807, 2.05) is 0 Å². The number of piperidine rings is 1. The van der Waals surface area contributed by atoms with Crippen LogP contribution in [0.15, 0.2) is 0 Å². The largest absolute Gasteiger partial charge is 0.317 e. The minimum absolute atomic E-state index is 0.986. The Morgan fingerprint density at radius 1 is 0.762 bits per heavy atom. The summed E-state index contributed by atoms with van der Waals surface area (Å²) in [5.41, 5.74) is 0. The molecule has 2 heteroatoms. The maximum absolute atomic E-state index is 3.48. The second-order valence-corrected chi connectivity index (χ2v) is 6.95. The third-order valence-electron chi connectivity index (χ3n) is 4.93. The van der Waals surface area contributed by atoms with Gasteiger partial charge in [0, 0.05) is 0 Å². The van der Waals surface area contributed by atoms with Crippen molar-refractivity contribution in [1.82, 2.24) is 10.2 Å². The summed E-state index contributed by atoms with van der Waals surface area (Å²) in [7, 11) is 0. The molecule has 1 aliphatic heterocycles. The van der Waals surface area contributed by atoms with Gasteiger partial charge in [-0.25, -0.2) is 0 Å². The van der Waals surface area contributed by atoms with Crippen LogP contribution in [0.5, 0.6) is 0 Å². The van der Waals surface area contributed by atoms with Crippen LogP contribution in [0.3, 0.4) is 0 Å². The summed E-state index contributed by atoms with van der Waals surface area (Å²) in [5.74, 6) is 0.986. The third-order valence-corrected chi connectivity index (χ3v) is 4.93. The number of hydrogen-bond donors (Lipinski definition) is 1. The van der Waals surface area contributed by atoms with Crippen molar-refractivity contribution in [2.24, 2.45) is 5.92 Å². The zero-order chi connectivity index (χ0) is 15.2. The van der Waals surface area contributed by atoms with Gasteiger partial charge in [-0.3, -0.25) is 0 Å². The van der Waals surface area contributed by atoms with E-state index in [1.54, 1.807) is 0 Å². The monoisotopic (exact) mass is 296 g/mol. The van der Waals surface area contributed by atoms with Crippen molar-refractivity contribution < 1.29 is 0 Å². The van der Waals surface area contributed by atoms with Crippen LogP contribution in [-0.4, -0.2) is 37.6 Å². The van der Waals surface area contributed by atoms with Gasteiger partial charge in [-0.2, -0.15) is 0 Å². The van der Waals surface area contributed by atoms with E-state index in [-0.39, 0.29) is 0 Å². The molecule has 0 bridgehead atoms. The second-order valence-electron chi connectivity index (χ2n) is 6.95. The van der Waals surface area contributed by atoms with Gasteiger partial charge < -0.3 is 10.2 Å². The molecule has 0 aromatic heterocycles. The van der Waals surface area contributed by atoms with Gasteiger partial charge in [0.2, 0.25) is 0 Å². The van der Waals surface area contributed by atoms with Crippen molar-refractivity contribution in [3.8, 4) is 0 Å². The van der Waals surface area contributed by atoms with Gasteiger partial charge >= 0.3 is 0 Å². The average Bonchev–Trinajstić information content (AvgIpc) is 2.52. The molecule has 1 saturated heterocycles. The van der Waals surface area contributed by atoms with Gasteiger partial charge in [-0.05, 0) is 70.7 Å². The summed E-state index contributed by atoms with van der Waals surface area (Å²) < 4.78 is 0. The standard InChI is InChI=1S/C19H40N2/c1-3-5-6-7-8-9-10-17-21(16-4-2)18-13-19-11-14-20-15-12-19/h19-20H,3-18H2,1-2H3. The maximum atomic E-state index is 3.48. The lowest BCUT2D eigenvalue weighted by atomic mass is 9.94. The molecule has 0 amide bonds. The Labute approximate surface area is 134 Å². The first kappa shape index (κ1) is 19.0. The van der Waals surface area contributed by atoms with Crippen LogP contribution in [0.4, 0.5) is 0 Å². The molecule has 0 unspecified atom stereocenters. The molecule has 1 rings (SSSR count). The Hall–Kier alpha value is -0.0800. The van der Waals surface area contributed by atoms with Crippen molar-refractivity contribution in [2.75, 3.05) is 32.7 Å². The van der Waals surface area contributed by atoms with E-state index in [1.165, 1.54) is 103 Å². The van der Waals surface area contributed by atoms with Crippen molar-refractivity contribution >= 4 is 0 Å². The fourth-order valence-electron chi connectivity index (χ4n) is 3.48. The van der Waals surface area contributed by atoms with Gasteiger partial charge in [-0.15, -0.1) is 0 Å². The highest BCUT2D eigenvalue weighted by atomic mass is 15.1. The molecule has 1 fully saturated rings. The molecule has 21 heavy (non-hydrogen) atoms. The predicted octanol–water partition coefficient (Wildman–Crippen LogP) is 4.84. The first-order chi connectivity index (χ1) is 10.4. The molecular formula is C19H40N2. The van der Waals surface area contributed by atoms with E-state index in [9.17, 15) is 0 Å². The lowest BCUT2D eigenvalue weighted by Crippen LogP contribution is -2.32. The number of nitrogens with zero attached hydrogens (tertiary/aromatic N) is 1. The minimum Gasteiger partial charge on any atom is -0.317 e. The maximum Gasteiger partial charge on any atom is -0.00161 e. The van der Waals surface area contributed by atoms with Gasteiger partial charge in [0.05, 0.1) is 0 Å². The van der Waals surface area contributed by atoms with Gasteiger partial charge in [-0.1, -0.05) is 52.4 Å². The van der Waals surface area contributed by atoms with Crippen LogP contribution in [0.2, 0.25) is 0 Å². The zero-order valence-corrected chi connectivity index (χ0v) is 14.8. The van der Waals surface area contributed by atoms with E-state index in [2.05, 4.69) is 24.1 Å². The van der Waals surface area contributed by atoms with Crippen molar-refractivity contribution in [3.63, 3.8) is 0 Å². The van der Waals surface area contributed by atoms with Crippen LogP contribution in [0.1, 0.15) is 84.5 Å². The Morgan fingerprint density at radius 2 is 1.43 bits per heavy atom. The number of rotatable bonds is 13. The van der Waals surface area contributed by atoms with Gasteiger partial charge in [0.15, 0.2) is 0 Å². The van der Waals surface area contributed by atoms with Gasteiger partial charge in [0.25, 0.3) is 0 Å². The van der Waals surface area contributed by atoms with Gasteiger partial charge in [0.1, 0.15) is 0 Å². The molecule has 0 aromatic rings. The fraction of sp³-hybridized carbons (Fsp3) is 1.00. The van der Waals surface area contributed by atoms with E-state index in [0.717, 1.165) is 5.92 Å². The lowest BCUT2D eigenvalue weighted by molar-refractivity contribution is 0.231. The summed E-state index contributed by atoms with van der Waals surface area (Å²) in [6.45, 7) is 11.1. The molecule has 1 N–H and O–H groups in total. The molecule has 2 nitrogen and oxygen atoms in total. The quantitative estimate of drug-likeness (QED) is 0.489. The van der Waals surface area contributed by atoms with Crippen molar-refractivity contribution in [1.29, 1.82) is 0 Å². The van der Waals surface area contributed by atoms with Crippen LogP contribution in [-0.2, 0) is 0 Å². The molecule has 0 radical (unpaired) electrons. The highest BCUT2D eigenvalue weighted by molar-refractivity contribution is 4.70. The predicted molar refractivity (Wildman–Crippen MR) is 94.9 cm³/mol. The summed E-state index contributed by atoms with van der Waals surface area (Å²) in [6.07, 6.45) is 15.5. The molecule has 0 spiro atoms. The lowest BCUT2D eigenvalue weighted by Gasteiger charge is -2.27. The smallest absolute Gasteiger partial charge is 0.00161 e. The summed E-state index contributed by atoms with van der Waals surface area (Å²) in [6, 6.07) is 0. The van der Waals surface area contributed by atoms with Crippen LogP contribution in [0, 0.1) is 5.92 Å². The molecular weight excluding hydrogens is 256 g/mol. The SMILES string of the molecule is CCCCCCCCCN(CCC)CCC1CCNCC1. The average molecular weight is 297 g/mol. The fourth-order valence-corrected chi connectivity index (χ4v) is 3.48. The highest BCUT2D eigenvalue weighted by Gasteiger charge is 2.14. The zero-order valence-electron chi connectivity index (χ0n) is 14.8. The molecule has 0 aromatic carbocycles. The summed E-state index contributed by atoms with van der Waals surface area (Å²) in [4.78, 5) is 2.73. The number of hydrogen-bond acceptors (Lipinski definition) is 2. The van der Waals surface area contributed by atoms with E-state index < -0.39 is 0 Å². The van der Waals surface area contributed by atoms with E-state index >= 15 is 0 Å². The molecule has 0 saturated carbocycles. The highest BCUT2D eigenvalue weighted by Crippen LogP contribution is 2.17. The Kier molecular flexibility index (Phi) is 12.3. The normalized spacial score (nSPS) is 16.7. The van der Waals surface area contributed by atoms with Crippen molar-refractivity contribution in [2.45, 2.75) is 84.5 Å². The number of nitrogens with one attached hydrogen (secondary N) is 1. The minimum atomic E-state index is 0.986. The summed E-state index contributed by atoms with van der Waals surface area (Å²) in [5, 5.41) is 3.48. The number of unbranched alkanes of at least 4 members (excludes halogenated alkanes) is 6. The Morgan fingerprint density at radius 3 is 2.10 bits per heavy atom. The van der Waals surface area contributed by atoms with Crippen molar-refractivity contribution in [3.05, 3.63) is 0 Å². The van der Waals surface area contributed by atoms with Crippen LogP contribution in [0.25, 0.3) is 0 Å². The Balaban J connectivity index is 2.02. The Bertz CT molecular complexity index is 212. The first-order valence-corrected chi connectivity index (χ1v) is 9.79. The molecule has 1 heterocycles. The van der Waals surface area contributed by atoms with E-state index in [0.29, 0.717) is 0 Å². The van der Waals surface area contributed by atoms with E-state index in [4.69, 9.17) is 0 Å². The molecule has 126 valence electrons. The molecule has 0 aliphatic carbocycles. The molecule has 1 aliphatic rings. The topological polar surface area (TPSA) is 15.3 Å². The second kappa shape index (κ2) is 13.6. The van der Waals surface area contributed by atoms with Crippen LogP contribution < -0.4 is 5.32 Å². The third kappa shape index (κ3) is 10.3. The first-order valence-electron chi connectivity index (χ1n) is 9.79. The summed E-state index contributed by atoms with van der Waals surface area (Å²) >= 11 is 0. The van der Waals surface area contributed by atoms with Crippen LogP contribution >= 0.6 is 0 Å². The molecule has 0 atom stereocenters.